The lowest BCUT2D eigenvalue weighted by atomic mass is 9.93. The molecule has 2 nitrogen and oxygen atoms in total. The Balaban J connectivity index is 0.961. The van der Waals surface area contributed by atoms with Crippen LogP contribution in [-0.2, 0) is 0 Å². The van der Waals surface area contributed by atoms with Crippen molar-refractivity contribution in [1.82, 2.24) is 4.57 Å². The summed E-state index contributed by atoms with van der Waals surface area (Å²) in [5, 5.41) is 2.44. The highest BCUT2D eigenvalue weighted by Crippen LogP contribution is 2.42. The van der Waals surface area contributed by atoms with Crippen LogP contribution in [0.3, 0.4) is 0 Å². The number of rotatable bonds is 10. The van der Waals surface area contributed by atoms with Crippen LogP contribution in [0, 0.1) is 0 Å². The summed E-state index contributed by atoms with van der Waals surface area (Å²) in [7, 11) is 0. The molecule has 0 spiro atoms. The van der Waals surface area contributed by atoms with Crippen LogP contribution in [0.5, 0.6) is 0 Å². The van der Waals surface area contributed by atoms with E-state index in [1.165, 1.54) is 83.0 Å². The van der Waals surface area contributed by atoms with Crippen molar-refractivity contribution < 1.29 is 0 Å². The minimum atomic E-state index is 1.09. The predicted octanol–water partition coefficient (Wildman–Crippen LogP) is 18.3. The fourth-order valence-electron chi connectivity index (χ4n) is 9.87. The molecule has 0 saturated heterocycles. The molecule has 0 aliphatic rings. The van der Waals surface area contributed by atoms with Crippen molar-refractivity contribution in [3.8, 4) is 72.4 Å². The number of para-hydroxylation sites is 1. The van der Waals surface area contributed by atoms with Crippen molar-refractivity contribution in [2.24, 2.45) is 0 Å². The van der Waals surface area contributed by atoms with Crippen LogP contribution in [0.25, 0.3) is 94.3 Å². The Morgan fingerprint density at radius 2 is 0.618 bits per heavy atom. The van der Waals surface area contributed by atoms with E-state index in [-0.39, 0.29) is 0 Å². The molecule has 68 heavy (non-hydrogen) atoms. The first-order valence-electron chi connectivity index (χ1n) is 23.3. The summed E-state index contributed by atoms with van der Waals surface area (Å²) < 4.78 is 2.44. The molecular formula is C66H46N2. The smallest absolute Gasteiger partial charge is 0.0541 e. The van der Waals surface area contributed by atoms with Crippen molar-refractivity contribution in [1.29, 1.82) is 0 Å². The van der Waals surface area contributed by atoms with Gasteiger partial charge in [-0.3, -0.25) is 0 Å². The number of fused-ring (bicyclic) bond motifs is 3. The van der Waals surface area contributed by atoms with Crippen LogP contribution < -0.4 is 4.90 Å². The molecule has 320 valence electrons. The van der Waals surface area contributed by atoms with Gasteiger partial charge in [0, 0.05) is 33.5 Å². The monoisotopic (exact) mass is 866 g/mol. The number of nitrogens with zero attached hydrogens (tertiary/aromatic N) is 2. The zero-order valence-corrected chi connectivity index (χ0v) is 37.5. The second-order valence-electron chi connectivity index (χ2n) is 17.3. The maximum atomic E-state index is 2.44. The van der Waals surface area contributed by atoms with E-state index in [1.807, 2.05) is 0 Å². The zero-order valence-electron chi connectivity index (χ0n) is 37.5. The van der Waals surface area contributed by atoms with Crippen molar-refractivity contribution in [3.05, 3.63) is 279 Å². The Morgan fingerprint density at radius 3 is 1.15 bits per heavy atom. The second kappa shape index (κ2) is 17.8. The number of benzene rings is 11. The third-order valence-corrected chi connectivity index (χ3v) is 13.2. The van der Waals surface area contributed by atoms with E-state index in [1.54, 1.807) is 0 Å². The largest absolute Gasteiger partial charge is 0.310 e. The normalized spacial score (nSPS) is 11.2. The van der Waals surface area contributed by atoms with Crippen LogP contribution in [-0.4, -0.2) is 4.57 Å². The summed E-state index contributed by atoms with van der Waals surface area (Å²) >= 11 is 0. The van der Waals surface area contributed by atoms with Gasteiger partial charge in [-0.25, -0.2) is 0 Å². The molecule has 1 heterocycles. The standard InChI is InChI=1S/C66H46N2/c1-5-18-47(19-6-1)51-32-37-57(38-33-51)67(58-39-34-52(35-40-58)48-20-7-2-8-21-48)59-27-17-26-53(43-59)61-28-13-14-29-62(61)54-36-41-66-64(46-54)63-30-15-16-31-65(63)68(66)60-44-55(49-22-9-3-10-23-49)42-56(45-60)50-24-11-4-12-25-50/h1-46H. The molecule has 0 fully saturated rings. The van der Waals surface area contributed by atoms with Gasteiger partial charge >= 0.3 is 0 Å². The fraction of sp³-hybridized carbons (Fsp3) is 0. The van der Waals surface area contributed by atoms with E-state index >= 15 is 0 Å². The van der Waals surface area contributed by atoms with Gasteiger partial charge in [0.1, 0.15) is 0 Å². The topological polar surface area (TPSA) is 8.17 Å². The maximum Gasteiger partial charge on any atom is 0.0541 e. The minimum absolute atomic E-state index is 1.09. The third-order valence-electron chi connectivity index (χ3n) is 13.2. The van der Waals surface area contributed by atoms with Crippen molar-refractivity contribution >= 4 is 38.9 Å². The zero-order chi connectivity index (χ0) is 45.2. The van der Waals surface area contributed by atoms with E-state index in [4.69, 9.17) is 0 Å². The molecule has 0 amide bonds. The lowest BCUT2D eigenvalue weighted by Gasteiger charge is -2.26. The van der Waals surface area contributed by atoms with Gasteiger partial charge < -0.3 is 9.47 Å². The molecule has 12 aromatic rings. The van der Waals surface area contributed by atoms with E-state index in [2.05, 4.69) is 289 Å². The van der Waals surface area contributed by atoms with Gasteiger partial charge in [-0.2, -0.15) is 0 Å². The Labute approximate surface area is 397 Å². The van der Waals surface area contributed by atoms with E-state index in [0.29, 0.717) is 0 Å². The summed E-state index contributed by atoms with van der Waals surface area (Å²) in [5.41, 5.74) is 21.0. The lowest BCUT2D eigenvalue weighted by molar-refractivity contribution is 1.18. The van der Waals surface area contributed by atoms with Crippen LogP contribution >= 0.6 is 0 Å². The first-order valence-corrected chi connectivity index (χ1v) is 23.3. The van der Waals surface area contributed by atoms with E-state index in [0.717, 1.165) is 28.3 Å². The van der Waals surface area contributed by atoms with Crippen molar-refractivity contribution in [2.75, 3.05) is 4.90 Å². The van der Waals surface area contributed by atoms with Gasteiger partial charge in [-0.1, -0.05) is 206 Å². The predicted molar refractivity (Wildman–Crippen MR) is 288 cm³/mol. The Kier molecular flexibility index (Phi) is 10.6. The molecule has 11 aromatic carbocycles. The first-order chi connectivity index (χ1) is 33.7. The summed E-state index contributed by atoms with van der Waals surface area (Å²) in [4.78, 5) is 2.37. The first kappa shape index (κ1) is 40.5. The molecule has 0 radical (unpaired) electrons. The van der Waals surface area contributed by atoms with Gasteiger partial charge in [-0.05, 0) is 140 Å². The molecular weight excluding hydrogens is 821 g/mol. The molecule has 0 saturated carbocycles. The highest BCUT2D eigenvalue weighted by molar-refractivity contribution is 6.11. The fourth-order valence-corrected chi connectivity index (χ4v) is 9.87. The van der Waals surface area contributed by atoms with Gasteiger partial charge in [0.05, 0.1) is 11.0 Å². The number of aromatic nitrogens is 1. The molecule has 0 N–H and O–H groups in total. The SMILES string of the molecule is c1ccc(-c2ccc(N(c3ccc(-c4ccccc4)cc3)c3cccc(-c4ccccc4-c4ccc5c(c4)c4ccccc4n5-c4cc(-c5ccccc5)cc(-c5ccccc5)c4)c3)cc2)cc1. The average Bonchev–Trinajstić information content (AvgIpc) is 3.76. The molecule has 0 bridgehead atoms. The molecule has 0 unspecified atom stereocenters. The maximum absolute atomic E-state index is 2.44. The van der Waals surface area contributed by atoms with Gasteiger partial charge in [0.2, 0.25) is 0 Å². The lowest BCUT2D eigenvalue weighted by Crippen LogP contribution is -2.10. The molecule has 0 aliphatic heterocycles. The third kappa shape index (κ3) is 7.74. The summed E-state index contributed by atoms with van der Waals surface area (Å²) in [6.45, 7) is 0. The molecule has 12 rings (SSSR count). The second-order valence-corrected chi connectivity index (χ2v) is 17.3. The summed E-state index contributed by atoms with van der Waals surface area (Å²) in [6, 6.07) is 101. The van der Waals surface area contributed by atoms with Gasteiger partial charge in [0.15, 0.2) is 0 Å². The summed E-state index contributed by atoms with van der Waals surface area (Å²) in [5.74, 6) is 0. The minimum Gasteiger partial charge on any atom is -0.310 e. The van der Waals surface area contributed by atoms with Crippen molar-refractivity contribution in [3.63, 3.8) is 0 Å². The molecule has 0 aliphatic carbocycles. The number of anilines is 3. The van der Waals surface area contributed by atoms with Crippen LogP contribution in [0.1, 0.15) is 0 Å². The highest BCUT2D eigenvalue weighted by atomic mass is 15.1. The van der Waals surface area contributed by atoms with E-state index in [9.17, 15) is 0 Å². The van der Waals surface area contributed by atoms with Gasteiger partial charge in [-0.15, -0.1) is 0 Å². The summed E-state index contributed by atoms with van der Waals surface area (Å²) in [6.07, 6.45) is 0. The molecule has 2 heteroatoms. The van der Waals surface area contributed by atoms with Crippen LogP contribution in [0.2, 0.25) is 0 Å². The Bertz CT molecular complexity index is 3550. The Morgan fingerprint density at radius 1 is 0.221 bits per heavy atom. The van der Waals surface area contributed by atoms with Crippen LogP contribution in [0.4, 0.5) is 17.1 Å². The van der Waals surface area contributed by atoms with Crippen LogP contribution in [0.15, 0.2) is 279 Å². The van der Waals surface area contributed by atoms with Crippen molar-refractivity contribution in [2.45, 2.75) is 0 Å². The average molecular weight is 867 g/mol. The van der Waals surface area contributed by atoms with Gasteiger partial charge in [0.25, 0.3) is 0 Å². The highest BCUT2D eigenvalue weighted by Gasteiger charge is 2.19. The quantitative estimate of drug-likeness (QED) is 0.133. The van der Waals surface area contributed by atoms with E-state index < -0.39 is 0 Å². The molecule has 1 aromatic heterocycles. The number of hydrogen-bond acceptors (Lipinski definition) is 1. The molecule has 0 atom stereocenters. The Hall–Kier alpha value is -8.98. The number of hydrogen-bond donors (Lipinski definition) is 0.